The Morgan fingerprint density at radius 2 is 1.85 bits per heavy atom. The predicted molar refractivity (Wildman–Crippen MR) is 69.4 cm³/mol. The van der Waals surface area contributed by atoms with Gasteiger partial charge in [0.25, 0.3) is 0 Å². The number of fused-ring (bicyclic) bond motifs is 1. The maximum absolute atomic E-state index is 11.2. The smallest absolute Gasteiger partial charge is 0.358 e. The average Bonchev–Trinajstić information content (AvgIpc) is 2.80. The Morgan fingerprint density at radius 3 is 2.50 bits per heavy atom. The highest BCUT2D eigenvalue weighted by atomic mass is 16.6. The van der Waals surface area contributed by atoms with Crippen LogP contribution in [0.1, 0.15) is 21.8 Å². The Hall–Kier alpha value is -2.50. The van der Waals surface area contributed by atoms with Crippen molar-refractivity contribution in [3.63, 3.8) is 0 Å². The fourth-order valence-electron chi connectivity index (χ4n) is 2.30. The lowest BCUT2D eigenvalue weighted by molar-refractivity contribution is 0.0686. The van der Waals surface area contributed by atoms with E-state index in [1.165, 1.54) is 0 Å². The van der Waals surface area contributed by atoms with E-state index in [4.69, 9.17) is 14.0 Å². The van der Waals surface area contributed by atoms with Gasteiger partial charge in [0.15, 0.2) is 17.2 Å². The third kappa shape index (κ3) is 1.89. The molecule has 0 saturated heterocycles. The van der Waals surface area contributed by atoms with Gasteiger partial charge in [-0.05, 0) is 37.1 Å². The zero-order chi connectivity index (χ0) is 14.3. The van der Waals surface area contributed by atoms with Gasteiger partial charge in [-0.15, -0.1) is 0 Å². The SMILES string of the molecule is Cc1cc2c(cc1-c1c(C(=O)O)noc1C)OCCO2. The lowest BCUT2D eigenvalue weighted by Crippen LogP contribution is -2.15. The standard InChI is InChI=1S/C14H13NO5/c1-7-5-10-11(19-4-3-18-10)6-9(7)12-8(2)20-15-13(12)14(16)17/h5-6H,3-4H2,1-2H3,(H,16,17). The minimum atomic E-state index is -1.12. The van der Waals surface area contributed by atoms with E-state index in [9.17, 15) is 9.90 Å². The van der Waals surface area contributed by atoms with Gasteiger partial charge in [-0.2, -0.15) is 0 Å². The van der Waals surface area contributed by atoms with Crippen LogP contribution in [0, 0.1) is 13.8 Å². The number of hydrogen-bond acceptors (Lipinski definition) is 5. The fraction of sp³-hybridized carbons (Fsp3) is 0.286. The number of benzene rings is 1. The van der Waals surface area contributed by atoms with Crippen molar-refractivity contribution in [1.29, 1.82) is 0 Å². The molecule has 0 bridgehead atoms. The summed E-state index contributed by atoms with van der Waals surface area (Å²) in [6.45, 7) is 4.55. The first-order valence-electron chi connectivity index (χ1n) is 6.18. The normalized spacial score (nSPS) is 13.3. The molecule has 3 rings (SSSR count). The maximum atomic E-state index is 11.2. The summed E-state index contributed by atoms with van der Waals surface area (Å²) < 4.78 is 16.0. The number of ether oxygens (including phenoxy) is 2. The van der Waals surface area contributed by atoms with Crippen molar-refractivity contribution in [2.24, 2.45) is 0 Å². The summed E-state index contributed by atoms with van der Waals surface area (Å²) in [6, 6.07) is 3.61. The molecule has 2 aromatic rings. The first-order chi connectivity index (χ1) is 9.58. The molecule has 1 aliphatic heterocycles. The van der Waals surface area contributed by atoms with Crippen molar-refractivity contribution in [3.05, 3.63) is 29.2 Å². The second-order valence-electron chi connectivity index (χ2n) is 4.58. The first kappa shape index (κ1) is 12.5. The molecule has 0 unspecified atom stereocenters. The number of rotatable bonds is 2. The van der Waals surface area contributed by atoms with Crippen molar-refractivity contribution in [2.45, 2.75) is 13.8 Å². The number of carboxylic acids is 1. The molecular weight excluding hydrogens is 262 g/mol. The van der Waals surface area contributed by atoms with Gasteiger partial charge in [0.2, 0.25) is 0 Å². The molecule has 0 atom stereocenters. The molecule has 2 heterocycles. The van der Waals surface area contributed by atoms with Crippen molar-refractivity contribution < 1.29 is 23.9 Å². The van der Waals surface area contributed by atoms with Gasteiger partial charge in [-0.25, -0.2) is 4.79 Å². The molecule has 1 N–H and O–H groups in total. The highest BCUT2D eigenvalue weighted by molar-refractivity contribution is 5.95. The second-order valence-corrected chi connectivity index (χ2v) is 4.58. The summed E-state index contributed by atoms with van der Waals surface area (Å²) in [4.78, 5) is 11.2. The van der Waals surface area contributed by atoms with E-state index in [2.05, 4.69) is 5.16 Å². The van der Waals surface area contributed by atoms with E-state index in [0.717, 1.165) is 11.1 Å². The minimum Gasteiger partial charge on any atom is -0.486 e. The molecule has 1 aliphatic rings. The fourth-order valence-corrected chi connectivity index (χ4v) is 2.30. The van der Waals surface area contributed by atoms with Gasteiger partial charge in [0.05, 0.1) is 5.56 Å². The van der Waals surface area contributed by atoms with Crippen LogP contribution in [0.15, 0.2) is 16.7 Å². The topological polar surface area (TPSA) is 81.8 Å². The van der Waals surface area contributed by atoms with Crippen LogP contribution >= 0.6 is 0 Å². The van der Waals surface area contributed by atoms with Gasteiger partial charge in [0.1, 0.15) is 19.0 Å². The summed E-state index contributed by atoms with van der Waals surface area (Å²) >= 11 is 0. The first-order valence-corrected chi connectivity index (χ1v) is 6.18. The third-order valence-corrected chi connectivity index (χ3v) is 3.22. The Balaban J connectivity index is 2.20. The second kappa shape index (κ2) is 4.56. The number of aromatic carboxylic acids is 1. The molecule has 6 nitrogen and oxygen atoms in total. The van der Waals surface area contributed by atoms with Crippen molar-refractivity contribution in [2.75, 3.05) is 13.2 Å². The maximum Gasteiger partial charge on any atom is 0.358 e. The van der Waals surface area contributed by atoms with Gasteiger partial charge >= 0.3 is 5.97 Å². The number of carboxylic acid groups (broad SMARTS) is 1. The Kier molecular flexibility index (Phi) is 2.85. The molecule has 1 aromatic carbocycles. The monoisotopic (exact) mass is 275 g/mol. The van der Waals surface area contributed by atoms with Crippen LogP contribution in [0.25, 0.3) is 11.1 Å². The minimum absolute atomic E-state index is 0.0951. The molecular formula is C14H13NO5. The molecule has 0 aliphatic carbocycles. The van der Waals surface area contributed by atoms with E-state index in [1.54, 1.807) is 13.0 Å². The van der Waals surface area contributed by atoms with Gasteiger partial charge in [-0.3, -0.25) is 0 Å². The van der Waals surface area contributed by atoms with Crippen LogP contribution < -0.4 is 9.47 Å². The largest absolute Gasteiger partial charge is 0.486 e. The third-order valence-electron chi connectivity index (χ3n) is 3.22. The molecule has 0 radical (unpaired) electrons. The molecule has 0 amide bonds. The zero-order valence-electron chi connectivity index (χ0n) is 11.1. The molecule has 0 saturated carbocycles. The highest BCUT2D eigenvalue weighted by Crippen LogP contribution is 2.39. The Morgan fingerprint density at radius 1 is 1.20 bits per heavy atom. The van der Waals surface area contributed by atoms with Crippen molar-refractivity contribution in [3.8, 4) is 22.6 Å². The molecule has 1 aromatic heterocycles. The van der Waals surface area contributed by atoms with Crippen LogP contribution in [0.5, 0.6) is 11.5 Å². The van der Waals surface area contributed by atoms with E-state index in [1.807, 2.05) is 13.0 Å². The number of hydrogen-bond donors (Lipinski definition) is 1. The van der Waals surface area contributed by atoms with Gasteiger partial charge in [-0.1, -0.05) is 5.16 Å². The molecule has 6 heteroatoms. The van der Waals surface area contributed by atoms with Crippen molar-refractivity contribution >= 4 is 5.97 Å². The average molecular weight is 275 g/mol. The Labute approximate surface area is 114 Å². The molecule has 104 valence electrons. The van der Waals surface area contributed by atoms with Crippen molar-refractivity contribution in [1.82, 2.24) is 5.16 Å². The van der Waals surface area contributed by atoms with E-state index < -0.39 is 5.97 Å². The van der Waals surface area contributed by atoms with E-state index in [0.29, 0.717) is 36.0 Å². The lowest BCUT2D eigenvalue weighted by Gasteiger charge is -2.20. The lowest BCUT2D eigenvalue weighted by atomic mass is 9.98. The summed E-state index contributed by atoms with van der Waals surface area (Å²) in [5.41, 5.74) is 1.99. The van der Waals surface area contributed by atoms with Crippen LogP contribution in [0.2, 0.25) is 0 Å². The number of aromatic nitrogens is 1. The number of aryl methyl sites for hydroxylation is 2. The molecule has 20 heavy (non-hydrogen) atoms. The zero-order valence-corrected chi connectivity index (χ0v) is 11.1. The van der Waals surface area contributed by atoms with Crippen LogP contribution in [-0.2, 0) is 0 Å². The van der Waals surface area contributed by atoms with Crippen LogP contribution in [0.3, 0.4) is 0 Å². The van der Waals surface area contributed by atoms with E-state index in [-0.39, 0.29) is 5.69 Å². The molecule has 0 fully saturated rings. The number of carbonyl (C=O) groups is 1. The molecule has 0 spiro atoms. The summed E-state index contributed by atoms with van der Waals surface area (Å²) in [7, 11) is 0. The van der Waals surface area contributed by atoms with Crippen LogP contribution in [0.4, 0.5) is 0 Å². The predicted octanol–water partition coefficient (Wildman–Crippen LogP) is 2.43. The summed E-state index contributed by atoms with van der Waals surface area (Å²) in [6.07, 6.45) is 0. The quantitative estimate of drug-likeness (QED) is 0.906. The van der Waals surface area contributed by atoms with E-state index >= 15 is 0 Å². The summed E-state index contributed by atoms with van der Waals surface area (Å²) in [5.74, 6) is 0.616. The van der Waals surface area contributed by atoms with Gasteiger partial charge < -0.3 is 19.1 Å². The van der Waals surface area contributed by atoms with Crippen LogP contribution in [-0.4, -0.2) is 29.4 Å². The Bertz CT molecular complexity index is 689. The summed E-state index contributed by atoms with van der Waals surface area (Å²) in [5, 5.41) is 12.8. The van der Waals surface area contributed by atoms with Gasteiger partial charge in [0, 0.05) is 0 Å². The number of nitrogens with zero attached hydrogens (tertiary/aromatic N) is 1. The highest BCUT2D eigenvalue weighted by Gasteiger charge is 2.24.